The summed E-state index contributed by atoms with van der Waals surface area (Å²) >= 11 is 7.21. The van der Waals surface area contributed by atoms with Gasteiger partial charge in [-0.15, -0.1) is 0 Å². The van der Waals surface area contributed by atoms with Crippen molar-refractivity contribution in [3.05, 3.63) is 124 Å². The van der Waals surface area contributed by atoms with Gasteiger partial charge in [-0.3, -0.25) is 0 Å². The lowest BCUT2D eigenvalue weighted by Gasteiger charge is -2.44. The quantitative estimate of drug-likeness (QED) is 0.199. The van der Waals surface area contributed by atoms with Crippen molar-refractivity contribution in [3.8, 4) is 0 Å². The number of para-hydroxylation sites is 2. The molecule has 2 heterocycles. The van der Waals surface area contributed by atoms with Crippen LogP contribution in [0.4, 0.5) is 34.1 Å². The van der Waals surface area contributed by atoms with Crippen LogP contribution in [-0.2, 0) is 0 Å². The molecule has 35 heavy (non-hydrogen) atoms. The summed E-state index contributed by atoms with van der Waals surface area (Å²) in [7, 11) is 0. The molecule has 0 bridgehead atoms. The van der Waals surface area contributed by atoms with E-state index in [4.69, 9.17) is 0 Å². The minimum atomic E-state index is 0.173. The fraction of sp³-hybridized carbons (Fsp3) is 0. The van der Waals surface area contributed by atoms with E-state index in [-0.39, 0.29) is 6.71 Å². The molecule has 7 rings (SSSR count). The molecule has 0 spiro atoms. The van der Waals surface area contributed by atoms with E-state index in [0.29, 0.717) is 0 Å². The minimum Gasteiger partial charge on any atom is -0.311 e. The van der Waals surface area contributed by atoms with Crippen molar-refractivity contribution in [1.82, 2.24) is 0 Å². The minimum absolute atomic E-state index is 0.173. The summed E-state index contributed by atoms with van der Waals surface area (Å²) < 4.78 is 2.16. The molecule has 2 aliphatic heterocycles. The number of benzene rings is 5. The Morgan fingerprint density at radius 2 is 0.829 bits per heavy atom. The van der Waals surface area contributed by atoms with Crippen LogP contribution in [0.1, 0.15) is 0 Å². The van der Waals surface area contributed by atoms with Crippen molar-refractivity contribution in [2.45, 2.75) is 0 Å². The first-order valence-electron chi connectivity index (χ1n) is 11.6. The molecule has 0 fully saturated rings. The van der Waals surface area contributed by atoms with Crippen LogP contribution >= 0.6 is 31.9 Å². The summed E-state index contributed by atoms with van der Waals surface area (Å²) in [5.74, 6) is 0. The Balaban J connectivity index is 1.55. The Hall–Kier alpha value is -3.28. The van der Waals surface area contributed by atoms with E-state index in [0.717, 1.165) is 20.3 Å². The van der Waals surface area contributed by atoms with E-state index in [9.17, 15) is 0 Å². The van der Waals surface area contributed by atoms with Gasteiger partial charge in [-0.2, -0.15) is 0 Å². The van der Waals surface area contributed by atoms with E-state index < -0.39 is 0 Å². The molecule has 166 valence electrons. The molecule has 2 nitrogen and oxygen atoms in total. The zero-order valence-electron chi connectivity index (χ0n) is 18.7. The molecule has 0 N–H and O–H groups in total. The Bertz CT molecular complexity index is 1470. The number of anilines is 6. The largest absolute Gasteiger partial charge is 0.311 e. The summed E-state index contributed by atoms with van der Waals surface area (Å²) in [5, 5.41) is 0. The highest BCUT2D eigenvalue weighted by atomic mass is 79.9. The van der Waals surface area contributed by atoms with Gasteiger partial charge in [0, 0.05) is 43.1 Å². The maximum absolute atomic E-state index is 3.60. The summed E-state index contributed by atoms with van der Waals surface area (Å²) in [6, 6.07) is 41.6. The highest BCUT2D eigenvalue weighted by molar-refractivity contribution is 9.10. The van der Waals surface area contributed by atoms with Gasteiger partial charge in [0.2, 0.25) is 0 Å². The fourth-order valence-corrected chi connectivity index (χ4v) is 6.10. The monoisotopic (exact) mass is 576 g/mol. The van der Waals surface area contributed by atoms with Gasteiger partial charge in [-0.25, -0.2) is 0 Å². The van der Waals surface area contributed by atoms with Crippen molar-refractivity contribution < 1.29 is 0 Å². The van der Waals surface area contributed by atoms with Crippen LogP contribution in [-0.4, -0.2) is 6.71 Å². The predicted molar refractivity (Wildman–Crippen MR) is 156 cm³/mol. The van der Waals surface area contributed by atoms with Gasteiger partial charge in [-0.05, 0) is 89.2 Å². The number of rotatable bonds is 2. The fourth-order valence-electron chi connectivity index (χ4n) is 5.57. The first-order valence-corrected chi connectivity index (χ1v) is 13.2. The lowest BCUT2D eigenvalue weighted by molar-refractivity contribution is 1.25. The van der Waals surface area contributed by atoms with Gasteiger partial charge in [0.15, 0.2) is 0 Å². The molecule has 0 saturated heterocycles. The molecule has 5 aromatic rings. The molecule has 0 amide bonds. The Morgan fingerprint density at radius 1 is 0.429 bits per heavy atom. The third kappa shape index (κ3) is 3.22. The van der Waals surface area contributed by atoms with Gasteiger partial charge in [0.05, 0.1) is 0 Å². The molecule has 0 unspecified atom stereocenters. The maximum atomic E-state index is 3.60. The van der Waals surface area contributed by atoms with Crippen LogP contribution in [0.3, 0.4) is 0 Å². The molecule has 0 saturated carbocycles. The second-order valence-electron chi connectivity index (χ2n) is 8.88. The molecule has 5 aromatic carbocycles. The van der Waals surface area contributed by atoms with Gasteiger partial charge >= 0.3 is 0 Å². The second-order valence-corrected chi connectivity index (χ2v) is 10.7. The van der Waals surface area contributed by atoms with Crippen LogP contribution in [0, 0.1) is 0 Å². The van der Waals surface area contributed by atoms with Crippen molar-refractivity contribution in [2.24, 2.45) is 0 Å². The van der Waals surface area contributed by atoms with Crippen LogP contribution < -0.4 is 26.2 Å². The summed E-state index contributed by atoms with van der Waals surface area (Å²) in [5.41, 5.74) is 11.2. The highest BCUT2D eigenvalue weighted by Gasteiger charge is 2.42. The smallest absolute Gasteiger partial charge is 0.252 e. The lowest BCUT2D eigenvalue weighted by Crippen LogP contribution is -2.61. The standard InChI is InChI=1S/C30H19BBr2N2/c32-20-12-16-22(17-13-20)34-26-8-3-1-6-24(26)31-25-7-2-4-9-27(25)35(23-18-14-21(33)15-19-23)29-11-5-10-28(34)30(29)31/h1-19H. The first kappa shape index (κ1) is 21.0. The molecule has 0 radical (unpaired) electrons. The van der Waals surface area contributed by atoms with Gasteiger partial charge in [-0.1, -0.05) is 74.3 Å². The normalized spacial score (nSPS) is 13.3. The molecule has 0 aromatic heterocycles. The zero-order chi connectivity index (χ0) is 23.5. The number of nitrogens with zero attached hydrogens (tertiary/aromatic N) is 2. The maximum Gasteiger partial charge on any atom is 0.252 e. The van der Waals surface area contributed by atoms with Crippen molar-refractivity contribution in [2.75, 3.05) is 9.80 Å². The third-order valence-electron chi connectivity index (χ3n) is 6.98. The summed E-state index contributed by atoms with van der Waals surface area (Å²) in [6.45, 7) is 0.173. The Labute approximate surface area is 222 Å². The molecular weight excluding hydrogens is 559 g/mol. The second kappa shape index (κ2) is 8.15. The molecule has 5 heteroatoms. The summed E-state index contributed by atoms with van der Waals surface area (Å²) in [4.78, 5) is 4.82. The molecular formula is C30H19BBr2N2. The van der Waals surface area contributed by atoms with E-state index in [1.54, 1.807) is 0 Å². The third-order valence-corrected chi connectivity index (χ3v) is 8.03. The van der Waals surface area contributed by atoms with Crippen molar-refractivity contribution in [1.29, 1.82) is 0 Å². The lowest BCUT2D eigenvalue weighted by atomic mass is 9.33. The van der Waals surface area contributed by atoms with Crippen molar-refractivity contribution >= 4 is 89.1 Å². The number of hydrogen-bond acceptors (Lipinski definition) is 2. The van der Waals surface area contributed by atoms with Crippen LogP contribution in [0.5, 0.6) is 0 Å². The molecule has 0 atom stereocenters. The van der Waals surface area contributed by atoms with E-state index >= 15 is 0 Å². The molecule has 0 aliphatic carbocycles. The molecule has 2 aliphatic rings. The first-order chi connectivity index (χ1) is 17.2. The number of halogens is 2. The average Bonchev–Trinajstić information content (AvgIpc) is 2.90. The average molecular weight is 578 g/mol. The van der Waals surface area contributed by atoms with Crippen LogP contribution in [0.25, 0.3) is 0 Å². The van der Waals surface area contributed by atoms with Crippen LogP contribution in [0.2, 0.25) is 0 Å². The number of hydrogen-bond donors (Lipinski definition) is 0. The van der Waals surface area contributed by atoms with E-state index in [1.165, 1.54) is 39.1 Å². The van der Waals surface area contributed by atoms with E-state index in [2.05, 4.69) is 157 Å². The van der Waals surface area contributed by atoms with Crippen LogP contribution in [0.15, 0.2) is 124 Å². The Morgan fingerprint density at radius 3 is 1.29 bits per heavy atom. The van der Waals surface area contributed by atoms with Gasteiger partial charge in [0.25, 0.3) is 6.71 Å². The number of fused-ring (bicyclic) bond motifs is 4. The Kier molecular flexibility index (Phi) is 4.90. The highest BCUT2D eigenvalue weighted by Crippen LogP contribution is 2.43. The topological polar surface area (TPSA) is 6.48 Å². The predicted octanol–water partition coefficient (Wildman–Crippen LogP) is 7.29. The van der Waals surface area contributed by atoms with Gasteiger partial charge in [0.1, 0.15) is 0 Å². The summed E-state index contributed by atoms with van der Waals surface area (Å²) in [6.07, 6.45) is 0. The van der Waals surface area contributed by atoms with E-state index in [1.807, 2.05) is 0 Å². The van der Waals surface area contributed by atoms with Crippen molar-refractivity contribution in [3.63, 3.8) is 0 Å². The zero-order valence-corrected chi connectivity index (χ0v) is 21.9. The van der Waals surface area contributed by atoms with Gasteiger partial charge < -0.3 is 9.80 Å². The SMILES string of the molecule is Brc1ccc(N2c3ccccc3B3c4ccccc4N(c4ccc(Br)cc4)c4cccc2c43)cc1.